The third-order valence-electron chi connectivity index (χ3n) is 6.50. The largest absolute Gasteiger partial charge is 0.466 e. The lowest BCUT2D eigenvalue weighted by Gasteiger charge is -2.32. The molecule has 0 spiro atoms. The van der Waals surface area contributed by atoms with E-state index in [9.17, 15) is 14.4 Å². The summed E-state index contributed by atoms with van der Waals surface area (Å²) >= 11 is 1.54. The maximum Gasteiger partial charge on any atom is 0.336 e. The topological polar surface area (TPSA) is 78.9 Å². The lowest BCUT2D eigenvalue weighted by molar-refractivity contribution is -0.136. The van der Waals surface area contributed by atoms with Crippen LogP contribution in [0.1, 0.15) is 42.6 Å². The molecule has 3 heterocycles. The average molecular weight is 468 g/mol. The van der Waals surface area contributed by atoms with Gasteiger partial charge in [0.1, 0.15) is 0 Å². The van der Waals surface area contributed by atoms with Crippen molar-refractivity contribution < 1.29 is 19.1 Å². The minimum absolute atomic E-state index is 0.00545. The van der Waals surface area contributed by atoms with Crippen molar-refractivity contribution in [2.45, 2.75) is 26.7 Å². The predicted molar refractivity (Wildman–Crippen MR) is 129 cm³/mol. The van der Waals surface area contributed by atoms with Crippen molar-refractivity contribution in [2.24, 2.45) is 0 Å². The van der Waals surface area contributed by atoms with Gasteiger partial charge in [-0.1, -0.05) is 0 Å². The second-order valence-corrected chi connectivity index (χ2v) is 9.59. The van der Waals surface area contributed by atoms with Crippen LogP contribution in [-0.4, -0.2) is 67.8 Å². The van der Waals surface area contributed by atoms with E-state index in [2.05, 4.69) is 17.3 Å². The van der Waals surface area contributed by atoms with E-state index < -0.39 is 11.9 Å². The maximum atomic E-state index is 13.2. The summed E-state index contributed by atoms with van der Waals surface area (Å²) in [5.41, 5.74) is 3.81. The molecule has 2 aromatic rings. The number of ketones is 1. The zero-order chi connectivity index (χ0) is 23.9. The van der Waals surface area contributed by atoms with Crippen LogP contribution in [-0.2, 0) is 14.3 Å². The Balaban J connectivity index is 1.82. The number of carbonyl (C=O) groups is 3. The Kier molecular flexibility index (Phi) is 6.41. The third-order valence-corrected chi connectivity index (χ3v) is 7.48. The fourth-order valence-electron chi connectivity index (χ4n) is 4.75. The smallest absolute Gasteiger partial charge is 0.336 e. The molecule has 2 aliphatic heterocycles. The second kappa shape index (κ2) is 9.11. The number of fused-ring (bicyclic) bond motifs is 1. The van der Waals surface area contributed by atoms with Gasteiger partial charge in [0.2, 0.25) is 0 Å². The van der Waals surface area contributed by atoms with E-state index in [-0.39, 0.29) is 11.7 Å². The molecule has 0 bridgehead atoms. The first-order chi connectivity index (χ1) is 15.7. The van der Waals surface area contributed by atoms with Gasteiger partial charge in [-0.3, -0.25) is 9.59 Å². The Morgan fingerprint density at radius 2 is 1.73 bits per heavy atom. The summed E-state index contributed by atoms with van der Waals surface area (Å²) in [5.74, 6) is -1.13. The van der Waals surface area contributed by atoms with Crippen LogP contribution in [0.2, 0.25) is 0 Å². The van der Waals surface area contributed by atoms with E-state index in [1.807, 2.05) is 42.3 Å². The molecule has 1 fully saturated rings. The van der Waals surface area contributed by atoms with Gasteiger partial charge >= 0.3 is 5.97 Å². The number of piperazine rings is 1. The Bertz CT molecular complexity index is 1200. The van der Waals surface area contributed by atoms with Gasteiger partial charge in [0.05, 0.1) is 12.7 Å². The number of amides is 1. The Morgan fingerprint density at radius 1 is 1.06 bits per heavy atom. The summed E-state index contributed by atoms with van der Waals surface area (Å²) in [5, 5.41) is 6.03. The highest BCUT2D eigenvalue weighted by Gasteiger charge is 2.37. The van der Waals surface area contributed by atoms with Crippen LogP contribution in [0.15, 0.2) is 46.1 Å². The highest BCUT2D eigenvalue weighted by atomic mass is 32.1. The fourth-order valence-corrected chi connectivity index (χ4v) is 5.72. The zero-order valence-electron chi connectivity index (χ0n) is 19.7. The third kappa shape index (κ3) is 4.20. The number of likely N-dealkylation sites (N-methyl/N-ethyl adjacent to an activating group) is 1. The lowest BCUT2D eigenvalue weighted by Crippen LogP contribution is -2.47. The van der Waals surface area contributed by atoms with Gasteiger partial charge in [0, 0.05) is 59.3 Å². The normalized spacial score (nSPS) is 19.7. The number of nitrogens with one attached hydrogen (secondary N) is 1. The number of rotatable bonds is 4. The van der Waals surface area contributed by atoms with Crippen molar-refractivity contribution in [2.75, 3.05) is 40.3 Å². The number of esters is 1. The molecule has 1 saturated heterocycles. The predicted octanol–water partition coefficient (Wildman–Crippen LogP) is 3.29. The Hall–Kier alpha value is -2.97. The molecule has 1 atom stereocenters. The Labute approximate surface area is 197 Å². The lowest BCUT2D eigenvalue weighted by atomic mass is 9.79. The number of hydrogen-bond acceptors (Lipinski definition) is 7. The molecule has 4 rings (SSSR count). The molecule has 0 saturated carbocycles. The molecule has 0 aliphatic carbocycles. The molecule has 2 aliphatic rings. The first-order valence-electron chi connectivity index (χ1n) is 11.0. The monoisotopic (exact) mass is 467 g/mol. The van der Waals surface area contributed by atoms with E-state index in [1.54, 1.807) is 11.3 Å². The quantitative estimate of drug-likeness (QED) is 0.696. The number of thiophene rings is 1. The van der Waals surface area contributed by atoms with Crippen molar-refractivity contribution in [1.29, 1.82) is 0 Å². The molecule has 1 N–H and O–H groups in total. The number of carbonyl (C=O) groups excluding carboxylic acids is 3. The van der Waals surface area contributed by atoms with Crippen LogP contribution in [0.3, 0.4) is 0 Å². The summed E-state index contributed by atoms with van der Waals surface area (Å²) in [7, 11) is 3.40. The molecule has 7 nitrogen and oxygen atoms in total. The Morgan fingerprint density at radius 3 is 2.36 bits per heavy atom. The number of hydrogen-bond donors (Lipinski definition) is 1. The van der Waals surface area contributed by atoms with E-state index in [0.717, 1.165) is 34.4 Å². The molecule has 0 radical (unpaired) electrons. The maximum absolute atomic E-state index is 13.2. The minimum atomic E-state index is -0.557. The standard InChI is InChI=1S/C25H29N3O4S/c1-14-21(16(3)29)23(22(15(2)26-14)25(31)32-5)19-13-33-20-7-6-17(12-18(19)20)24(30)28-10-8-27(4)9-11-28/h6-7,12-13,23,26H,8-11H2,1-5H3. The molecule has 8 heteroatoms. The van der Waals surface area contributed by atoms with E-state index >= 15 is 0 Å². The molecule has 1 aromatic heterocycles. The van der Waals surface area contributed by atoms with Crippen molar-refractivity contribution in [3.63, 3.8) is 0 Å². The SMILES string of the molecule is COC(=O)C1=C(C)NC(C)=C(C(C)=O)C1c1csc2ccc(C(=O)N3CCN(C)CC3)cc12. The molecule has 1 unspecified atom stereocenters. The van der Waals surface area contributed by atoms with Crippen molar-refractivity contribution in [1.82, 2.24) is 15.1 Å². The second-order valence-electron chi connectivity index (χ2n) is 8.68. The zero-order valence-corrected chi connectivity index (χ0v) is 20.5. The number of dihydropyridines is 1. The highest BCUT2D eigenvalue weighted by molar-refractivity contribution is 7.17. The van der Waals surface area contributed by atoms with Gasteiger partial charge in [-0.25, -0.2) is 4.79 Å². The summed E-state index contributed by atoms with van der Waals surface area (Å²) in [6.45, 7) is 8.28. The van der Waals surface area contributed by atoms with Crippen LogP contribution in [0, 0.1) is 0 Å². The molecule has 33 heavy (non-hydrogen) atoms. The van der Waals surface area contributed by atoms with E-state index in [4.69, 9.17) is 4.74 Å². The van der Waals surface area contributed by atoms with Crippen LogP contribution in [0.4, 0.5) is 0 Å². The number of allylic oxidation sites excluding steroid dienone is 3. The summed E-state index contributed by atoms with van der Waals surface area (Å²) in [6.07, 6.45) is 0. The summed E-state index contributed by atoms with van der Waals surface area (Å²) in [6, 6.07) is 5.72. The molecule has 1 aromatic carbocycles. The number of ether oxygens (including phenoxy) is 1. The number of Topliss-reactive ketones (excluding diaryl/α,β-unsaturated/α-hetero) is 1. The first kappa shape index (κ1) is 23.2. The van der Waals surface area contributed by atoms with Crippen LogP contribution >= 0.6 is 11.3 Å². The summed E-state index contributed by atoms with van der Waals surface area (Å²) in [4.78, 5) is 42.8. The minimum Gasteiger partial charge on any atom is -0.466 e. The van der Waals surface area contributed by atoms with Gasteiger partial charge in [-0.05, 0) is 62.3 Å². The molecular weight excluding hydrogens is 438 g/mol. The molecular formula is C25H29N3O4S. The first-order valence-corrected chi connectivity index (χ1v) is 11.9. The molecule has 174 valence electrons. The fraction of sp³-hybridized carbons (Fsp3) is 0.400. The molecule has 1 amide bonds. The van der Waals surface area contributed by atoms with Crippen LogP contribution in [0.25, 0.3) is 10.1 Å². The van der Waals surface area contributed by atoms with Gasteiger partial charge in [-0.15, -0.1) is 11.3 Å². The van der Waals surface area contributed by atoms with Gasteiger partial charge in [-0.2, -0.15) is 0 Å². The van der Waals surface area contributed by atoms with Crippen LogP contribution < -0.4 is 5.32 Å². The van der Waals surface area contributed by atoms with Gasteiger partial charge in [0.15, 0.2) is 5.78 Å². The van der Waals surface area contributed by atoms with Crippen LogP contribution in [0.5, 0.6) is 0 Å². The number of nitrogens with zero attached hydrogens (tertiary/aromatic N) is 2. The van der Waals surface area contributed by atoms with E-state index in [1.165, 1.54) is 14.0 Å². The average Bonchev–Trinajstić information content (AvgIpc) is 3.20. The van der Waals surface area contributed by atoms with E-state index in [0.29, 0.717) is 35.5 Å². The van der Waals surface area contributed by atoms with Crippen molar-refractivity contribution >= 4 is 39.1 Å². The highest BCUT2D eigenvalue weighted by Crippen LogP contribution is 2.43. The van der Waals surface area contributed by atoms with Crippen molar-refractivity contribution in [3.8, 4) is 0 Å². The summed E-state index contributed by atoms with van der Waals surface area (Å²) < 4.78 is 6.08. The van der Waals surface area contributed by atoms with Gasteiger partial charge in [0.25, 0.3) is 5.91 Å². The number of benzene rings is 1. The number of methoxy groups -OCH3 is 1. The van der Waals surface area contributed by atoms with Gasteiger partial charge < -0.3 is 19.9 Å². The van der Waals surface area contributed by atoms with Crippen molar-refractivity contribution in [3.05, 3.63) is 57.2 Å².